The van der Waals surface area contributed by atoms with E-state index < -0.39 is 5.97 Å². The van der Waals surface area contributed by atoms with Crippen LogP contribution in [0, 0.1) is 0 Å². The molecule has 0 aliphatic carbocycles. The molecular formula is C11H11BrN2O2. The van der Waals surface area contributed by atoms with Crippen LogP contribution in [0.4, 0.5) is 0 Å². The minimum absolute atomic E-state index is 0.337. The Morgan fingerprint density at radius 1 is 1.50 bits per heavy atom. The summed E-state index contributed by atoms with van der Waals surface area (Å²) in [6.45, 7) is 2.10. The Kier molecular flexibility index (Phi) is 2.87. The van der Waals surface area contributed by atoms with E-state index in [1.165, 1.54) is 4.68 Å². The van der Waals surface area contributed by atoms with Gasteiger partial charge in [0, 0.05) is 9.86 Å². The lowest BCUT2D eigenvalue weighted by Gasteiger charge is -2.03. The number of carbonyl (C=O) groups is 1. The van der Waals surface area contributed by atoms with Crippen LogP contribution in [0.25, 0.3) is 10.9 Å². The van der Waals surface area contributed by atoms with Gasteiger partial charge in [-0.3, -0.25) is 4.68 Å². The van der Waals surface area contributed by atoms with Crippen molar-refractivity contribution >= 4 is 32.8 Å². The van der Waals surface area contributed by atoms with Crippen LogP contribution >= 0.6 is 15.9 Å². The van der Waals surface area contributed by atoms with Crippen molar-refractivity contribution in [1.29, 1.82) is 0 Å². The van der Waals surface area contributed by atoms with Crippen molar-refractivity contribution in [2.75, 3.05) is 12.4 Å². The van der Waals surface area contributed by atoms with Gasteiger partial charge in [0.2, 0.25) is 0 Å². The fourth-order valence-corrected chi connectivity index (χ4v) is 1.95. The molecule has 0 bridgehead atoms. The summed E-state index contributed by atoms with van der Waals surface area (Å²) in [5, 5.41) is 0.903. The molecule has 0 unspecified atom stereocenters. The van der Waals surface area contributed by atoms with E-state index in [4.69, 9.17) is 10.6 Å². The number of hydrogen-bond acceptors (Lipinski definition) is 3. The summed E-state index contributed by atoms with van der Waals surface area (Å²) in [4.78, 5) is 11.6. The van der Waals surface area contributed by atoms with Crippen molar-refractivity contribution in [3.63, 3.8) is 0 Å². The molecule has 2 N–H and O–H groups in total. The van der Waals surface area contributed by atoms with Gasteiger partial charge in [0.15, 0.2) is 0 Å². The Morgan fingerprint density at radius 2 is 2.25 bits per heavy atom. The maximum absolute atomic E-state index is 11.6. The Labute approximate surface area is 101 Å². The lowest BCUT2D eigenvalue weighted by molar-refractivity contribution is 0.0517. The van der Waals surface area contributed by atoms with Crippen molar-refractivity contribution < 1.29 is 9.53 Å². The summed E-state index contributed by atoms with van der Waals surface area (Å²) in [6.07, 6.45) is 0. The number of carbonyl (C=O) groups excluding carboxylic acids is 1. The Bertz CT molecular complexity index is 548. The summed E-state index contributed by atoms with van der Waals surface area (Å²) >= 11 is 3.37. The topological polar surface area (TPSA) is 57.2 Å². The molecule has 0 radical (unpaired) electrons. The van der Waals surface area contributed by atoms with Gasteiger partial charge in [-0.1, -0.05) is 15.9 Å². The standard InChI is InChI=1S/C11H11BrN2O2/c1-2-16-11(15)10-6-7-5-8(12)3-4-9(7)14(10)13/h3-6H,2,13H2,1H3. The SMILES string of the molecule is CCOC(=O)c1cc2cc(Br)ccc2n1N. The summed E-state index contributed by atoms with van der Waals surface area (Å²) in [5.41, 5.74) is 1.15. The van der Waals surface area contributed by atoms with Crippen molar-refractivity contribution in [2.45, 2.75) is 6.92 Å². The lowest BCUT2D eigenvalue weighted by Crippen LogP contribution is -2.17. The zero-order chi connectivity index (χ0) is 11.7. The third-order valence-electron chi connectivity index (χ3n) is 2.29. The normalized spacial score (nSPS) is 10.6. The van der Waals surface area contributed by atoms with E-state index in [0.717, 1.165) is 15.4 Å². The molecule has 1 aromatic heterocycles. The van der Waals surface area contributed by atoms with Gasteiger partial charge in [-0.15, -0.1) is 0 Å². The van der Waals surface area contributed by atoms with Gasteiger partial charge in [-0.25, -0.2) is 4.79 Å². The number of hydrogen-bond donors (Lipinski definition) is 1. The van der Waals surface area contributed by atoms with Crippen molar-refractivity contribution in [1.82, 2.24) is 4.68 Å². The first kappa shape index (κ1) is 11.0. The Morgan fingerprint density at radius 3 is 2.94 bits per heavy atom. The molecule has 1 heterocycles. The first-order valence-corrected chi connectivity index (χ1v) is 5.66. The molecule has 0 fully saturated rings. The number of nitrogen functional groups attached to an aromatic ring is 1. The number of nitrogens with two attached hydrogens (primary N) is 1. The molecule has 4 nitrogen and oxygen atoms in total. The molecule has 0 saturated heterocycles. The van der Waals surface area contributed by atoms with Crippen LogP contribution in [0.1, 0.15) is 17.4 Å². The molecule has 16 heavy (non-hydrogen) atoms. The monoisotopic (exact) mass is 282 g/mol. The molecule has 2 rings (SSSR count). The quantitative estimate of drug-likeness (QED) is 0.679. The van der Waals surface area contributed by atoms with Crippen LogP contribution in [0.3, 0.4) is 0 Å². The Balaban J connectivity index is 2.55. The highest BCUT2D eigenvalue weighted by atomic mass is 79.9. The molecule has 5 heteroatoms. The van der Waals surface area contributed by atoms with E-state index in [1.807, 2.05) is 18.2 Å². The number of aromatic nitrogens is 1. The molecule has 1 aromatic carbocycles. The molecule has 0 atom stereocenters. The highest BCUT2D eigenvalue weighted by molar-refractivity contribution is 9.10. The molecule has 0 aliphatic heterocycles. The van der Waals surface area contributed by atoms with E-state index in [1.54, 1.807) is 13.0 Å². The highest BCUT2D eigenvalue weighted by Gasteiger charge is 2.14. The van der Waals surface area contributed by atoms with Crippen LogP contribution in [-0.2, 0) is 4.74 Å². The second kappa shape index (κ2) is 4.17. The van der Waals surface area contributed by atoms with E-state index in [-0.39, 0.29) is 0 Å². The third kappa shape index (κ3) is 1.78. The zero-order valence-electron chi connectivity index (χ0n) is 8.74. The van der Waals surface area contributed by atoms with Crippen molar-refractivity contribution in [3.05, 3.63) is 34.4 Å². The van der Waals surface area contributed by atoms with Crippen LogP contribution in [-0.4, -0.2) is 17.3 Å². The predicted octanol–water partition coefficient (Wildman–Crippen LogP) is 2.29. The van der Waals surface area contributed by atoms with E-state index in [9.17, 15) is 4.79 Å². The van der Waals surface area contributed by atoms with Crippen LogP contribution < -0.4 is 5.84 Å². The minimum atomic E-state index is -0.405. The average molecular weight is 283 g/mol. The van der Waals surface area contributed by atoms with Crippen LogP contribution in [0.2, 0.25) is 0 Å². The fourth-order valence-electron chi connectivity index (χ4n) is 1.57. The molecule has 84 valence electrons. The van der Waals surface area contributed by atoms with Gasteiger partial charge in [0.05, 0.1) is 12.1 Å². The predicted molar refractivity (Wildman–Crippen MR) is 65.7 cm³/mol. The third-order valence-corrected chi connectivity index (χ3v) is 2.78. The average Bonchev–Trinajstić information content (AvgIpc) is 2.56. The second-order valence-electron chi connectivity index (χ2n) is 3.32. The Hall–Kier alpha value is -1.49. The number of rotatable bonds is 2. The van der Waals surface area contributed by atoms with E-state index in [0.29, 0.717) is 12.3 Å². The summed E-state index contributed by atoms with van der Waals surface area (Å²) in [5.74, 6) is 5.42. The van der Waals surface area contributed by atoms with Gasteiger partial charge in [-0.05, 0) is 31.2 Å². The molecule has 0 saturated carbocycles. The molecule has 0 spiro atoms. The van der Waals surface area contributed by atoms with E-state index >= 15 is 0 Å². The van der Waals surface area contributed by atoms with Crippen LogP contribution in [0.15, 0.2) is 28.7 Å². The summed E-state index contributed by atoms with van der Waals surface area (Å²) in [6, 6.07) is 7.35. The molecule has 0 aliphatic rings. The maximum Gasteiger partial charge on any atom is 0.356 e. The number of ether oxygens (including phenoxy) is 1. The number of halogens is 1. The first-order chi connectivity index (χ1) is 7.63. The number of benzene rings is 1. The number of esters is 1. The highest BCUT2D eigenvalue weighted by Crippen LogP contribution is 2.22. The molecule has 0 amide bonds. The zero-order valence-corrected chi connectivity index (χ0v) is 10.3. The van der Waals surface area contributed by atoms with Crippen molar-refractivity contribution in [2.24, 2.45) is 0 Å². The van der Waals surface area contributed by atoms with Crippen LogP contribution in [0.5, 0.6) is 0 Å². The summed E-state index contributed by atoms with van der Waals surface area (Å²) < 4.78 is 7.21. The minimum Gasteiger partial charge on any atom is -0.461 e. The maximum atomic E-state index is 11.6. The number of nitrogens with zero attached hydrogens (tertiary/aromatic N) is 1. The van der Waals surface area contributed by atoms with Gasteiger partial charge in [0.1, 0.15) is 5.69 Å². The smallest absolute Gasteiger partial charge is 0.356 e. The molecular weight excluding hydrogens is 272 g/mol. The lowest BCUT2D eigenvalue weighted by atomic mass is 10.2. The fraction of sp³-hybridized carbons (Fsp3) is 0.182. The summed E-state index contributed by atoms with van der Waals surface area (Å²) in [7, 11) is 0. The molecule has 2 aromatic rings. The van der Waals surface area contributed by atoms with Crippen molar-refractivity contribution in [3.8, 4) is 0 Å². The van der Waals surface area contributed by atoms with Gasteiger partial charge in [-0.2, -0.15) is 0 Å². The number of fused-ring (bicyclic) bond motifs is 1. The van der Waals surface area contributed by atoms with Gasteiger partial charge >= 0.3 is 5.97 Å². The van der Waals surface area contributed by atoms with Gasteiger partial charge < -0.3 is 10.6 Å². The second-order valence-corrected chi connectivity index (χ2v) is 4.24. The van der Waals surface area contributed by atoms with Gasteiger partial charge in [0.25, 0.3) is 0 Å². The largest absolute Gasteiger partial charge is 0.461 e. The first-order valence-electron chi connectivity index (χ1n) is 4.86. The van der Waals surface area contributed by atoms with E-state index in [2.05, 4.69) is 15.9 Å².